The van der Waals surface area contributed by atoms with Crippen LogP contribution in [0.2, 0.25) is 10.2 Å². The maximum atomic E-state index is 12.1. The van der Waals surface area contributed by atoms with E-state index in [4.69, 9.17) is 23.2 Å². The normalized spacial score (nSPS) is 13.8. The number of carbonyl (C=O) groups is 2. The van der Waals surface area contributed by atoms with Gasteiger partial charge < -0.3 is 4.90 Å². The van der Waals surface area contributed by atoms with Crippen molar-refractivity contribution < 1.29 is 9.59 Å². The molecule has 2 heterocycles. The highest BCUT2D eigenvalue weighted by atomic mass is 35.5. The van der Waals surface area contributed by atoms with Crippen LogP contribution in [0.3, 0.4) is 0 Å². The summed E-state index contributed by atoms with van der Waals surface area (Å²) in [6.45, 7) is 0.200. The van der Waals surface area contributed by atoms with E-state index in [1.807, 2.05) is 0 Å². The molecule has 1 aliphatic heterocycles. The maximum absolute atomic E-state index is 12.1. The first-order valence-electron chi connectivity index (χ1n) is 5.83. The van der Waals surface area contributed by atoms with Crippen LogP contribution in [-0.4, -0.2) is 16.7 Å². The van der Waals surface area contributed by atoms with Gasteiger partial charge in [-0.15, -0.1) is 0 Å². The number of ketones is 1. The number of hydrogen-bond donors (Lipinski definition) is 0. The second-order valence-electron chi connectivity index (χ2n) is 4.34. The number of anilines is 1. The number of amides is 1. The smallest absolute Gasteiger partial charge is 0.299 e. The molecule has 0 N–H and O–H groups in total. The molecule has 0 aliphatic carbocycles. The molecule has 0 fully saturated rings. The molecule has 1 aromatic carbocycles. The molecule has 1 aliphatic rings. The Bertz CT molecular complexity index is 731. The lowest BCUT2D eigenvalue weighted by Crippen LogP contribution is -2.29. The van der Waals surface area contributed by atoms with Crippen molar-refractivity contribution in [2.45, 2.75) is 6.54 Å². The Morgan fingerprint density at radius 1 is 1.15 bits per heavy atom. The van der Waals surface area contributed by atoms with Gasteiger partial charge in [-0.2, -0.15) is 0 Å². The Balaban J connectivity index is 2.02. The highest BCUT2D eigenvalue weighted by Crippen LogP contribution is 2.32. The van der Waals surface area contributed by atoms with Crippen molar-refractivity contribution in [3.63, 3.8) is 0 Å². The molecule has 4 nitrogen and oxygen atoms in total. The number of benzene rings is 1. The van der Waals surface area contributed by atoms with Gasteiger partial charge in [-0.05, 0) is 24.3 Å². The minimum Gasteiger partial charge on any atom is -0.300 e. The van der Waals surface area contributed by atoms with Crippen molar-refractivity contribution in [1.82, 2.24) is 4.98 Å². The van der Waals surface area contributed by atoms with Crippen molar-refractivity contribution in [1.29, 1.82) is 0 Å². The SMILES string of the molecule is O=C1C(=O)N(Cc2cccnc2Cl)c2ccc(Cl)cc21. The lowest BCUT2D eigenvalue weighted by Gasteiger charge is -2.16. The Hall–Kier alpha value is -1.91. The third-order valence-electron chi connectivity index (χ3n) is 3.10. The molecule has 0 radical (unpaired) electrons. The predicted octanol–water partition coefficient (Wildman–Crippen LogP) is 3.12. The number of carbonyl (C=O) groups excluding carboxylic acids is 2. The predicted molar refractivity (Wildman–Crippen MR) is 76.2 cm³/mol. The van der Waals surface area contributed by atoms with E-state index in [9.17, 15) is 9.59 Å². The first-order chi connectivity index (χ1) is 9.58. The quantitative estimate of drug-likeness (QED) is 0.633. The van der Waals surface area contributed by atoms with Crippen LogP contribution in [0, 0.1) is 0 Å². The first-order valence-corrected chi connectivity index (χ1v) is 6.58. The zero-order valence-corrected chi connectivity index (χ0v) is 11.6. The molecular weight excluding hydrogens is 299 g/mol. The number of aromatic nitrogens is 1. The number of halogens is 2. The summed E-state index contributed by atoms with van der Waals surface area (Å²) in [5.74, 6) is -1.13. The van der Waals surface area contributed by atoms with E-state index in [1.165, 1.54) is 11.0 Å². The van der Waals surface area contributed by atoms with Gasteiger partial charge in [0.2, 0.25) is 0 Å². The van der Waals surface area contributed by atoms with Gasteiger partial charge in [0.1, 0.15) is 5.15 Å². The lowest BCUT2D eigenvalue weighted by atomic mass is 10.1. The third-order valence-corrected chi connectivity index (χ3v) is 3.67. The van der Waals surface area contributed by atoms with Gasteiger partial charge in [-0.1, -0.05) is 29.3 Å². The fourth-order valence-electron chi connectivity index (χ4n) is 2.14. The van der Waals surface area contributed by atoms with Crippen molar-refractivity contribution in [3.05, 3.63) is 57.8 Å². The topological polar surface area (TPSA) is 50.3 Å². The van der Waals surface area contributed by atoms with E-state index >= 15 is 0 Å². The minimum atomic E-state index is -0.581. The van der Waals surface area contributed by atoms with E-state index in [-0.39, 0.29) is 6.54 Å². The Morgan fingerprint density at radius 2 is 1.95 bits per heavy atom. The van der Waals surface area contributed by atoms with E-state index in [2.05, 4.69) is 4.98 Å². The summed E-state index contributed by atoms with van der Waals surface area (Å²) in [6.07, 6.45) is 1.57. The molecular formula is C14H8Cl2N2O2. The maximum Gasteiger partial charge on any atom is 0.299 e. The second kappa shape index (κ2) is 4.89. The van der Waals surface area contributed by atoms with Crippen LogP contribution in [-0.2, 0) is 11.3 Å². The van der Waals surface area contributed by atoms with Crippen LogP contribution in [0.15, 0.2) is 36.5 Å². The summed E-state index contributed by atoms with van der Waals surface area (Å²) in [6, 6.07) is 8.30. The standard InChI is InChI=1S/C14H8Cl2N2O2/c15-9-3-4-11-10(6-9)12(19)14(20)18(11)7-8-2-1-5-17-13(8)16/h1-6H,7H2. The highest BCUT2D eigenvalue weighted by Gasteiger charge is 2.36. The number of fused-ring (bicyclic) bond motifs is 1. The zero-order valence-electron chi connectivity index (χ0n) is 10.1. The van der Waals surface area contributed by atoms with Crippen molar-refractivity contribution in [2.24, 2.45) is 0 Å². The summed E-state index contributed by atoms with van der Waals surface area (Å²) in [5, 5.41) is 0.737. The zero-order chi connectivity index (χ0) is 14.3. The van der Waals surface area contributed by atoms with Crippen molar-refractivity contribution >= 4 is 40.6 Å². The van der Waals surface area contributed by atoms with Crippen LogP contribution in [0.4, 0.5) is 5.69 Å². The van der Waals surface area contributed by atoms with E-state index in [0.29, 0.717) is 27.0 Å². The highest BCUT2D eigenvalue weighted by molar-refractivity contribution is 6.52. The fraction of sp³-hybridized carbons (Fsp3) is 0.0714. The molecule has 2 aromatic rings. The van der Waals surface area contributed by atoms with Crippen molar-refractivity contribution in [2.75, 3.05) is 4.90 Å². The van der Waals surface area contributed by atoms with Crippen LogP contribution in [0.5, 0.6) is 0 Å². The first kappa shape index (κ1) is 13.1. The molecule has 6 heteroatoms. The molecule has 0 spiro atoms. The average molecular weight is 307 g/mol. The van der Waals surface area contributed by atoms with Crippen LogP contribution in [0.1, 0.15) is 15.9 Å². The molecule has 0 saturated heterocycles. The van der Waals surface area contributed by atoms with Gasteiger partial charge in [0, 0.05) is 16.8 Å². The summed E-state index contributed by atoms with van der Waals surface area (Å²) >= 11 is 11.8. The van der Waals surface area contributed by atoms with Gasteiger partial charge in [0.25, 0.3) is 11.7 Å². The molecule has 100 valence electrons. The number of pyridine rings is 1. The molecule has 0 saturated carbocycles. The van der Waals surface area contributed by atoms with Gasteiger partial charge in [0.15, 0.2) is 0 Å². The third kappa shape index (κ3) is 2.07. The second-order valence-corrected chi connectivity index (χ2v) is 5.13. The Morgan fingerprint density at radius 3 is 2.70 bits per heavy atom. The fourth-order valence-corrected chi connectivity index (χ4v) is 2.49. The summed E-state index contributed by atoms with van der Waals surface area (Å²) < 4.78 is 0. The number of rotatable bonds is 2. The monoisotopic (exact) mass is 306 g/mol. The summed E-state index contributed by atoms with van der Waals surface area (Å²) in [5.41, 5.74) is 1.55. The van der Waals surface area contributed by atoms with E-state index < -0.39 is 11.7 Å². The van der Waals surface area contributed by atoms with Gasteiger partial charge in [0.05, 0.1) is 17.8 Å². The van der Waals surface area contributed by atoms with E-state index in [1.54, 1.807) is 30.5 Å². The Kier molecular flexibility index (Phi) is 3.20. The van der Waals surface area contributed by atoms with Crippen LogP contribution in [0.25, 0.3) is 0 Å². The van der Waals surface area contributed by atoms with Crippen LogP contribution >= 0.6 is 23.2 Å². The molecule has 0 bridgehead atoms. The minimum absolute atomic E-state index is 0.200. The average Bonchev–Trinajstić information content (AvgIpc) is 2.66. The van der Waals surface area contributed by atoms with Crippen LogP contribution < -0.4 is 4.90 Å². The van der Waals surface area contributed by atoms with Gasteiger partial charge >= 0.3 is 0 Å². The molecule has 3 rings (SSSR count). The molecule has 0 unspecified atom stereocenters. The summed E-state index contributed by atoms with van der Waals surface area (Å²) in [7, 11) is 0. The number of hydrogen-bond acceptors (Lipinski definition) is 3. The Labute approximate surface area is 124 Å². The summed E-state index contributed by atoms with van der Waals surface area (Å²) in [4.78, 5) is 29.3. The number of nitrogens with zero attached hydrogens (tertiary/aromatic N) is 2. The number of Topliss-reactive ketones (excluding diaryl/α,β-unsaturated/α-hetero) is 1. The largest absolute Gasteiger partial charge is 0.300 e. The van der Waals surface area contributed by atoms with E-state index in [0.717, 1.165) is 0 Å². The molecule has 1 aromatic heterocycles. The molecule has 0 atom stereocenters. The van der Waals surface area contributed by atoms with Gasteiger partial charge in [-0.3, -0.25) is 9.59 Å². The van der Waals surface area contributed by atoms with Crippen molar-refractivity contribution in [3.8, 4) is 0 Å². The van der Waals surface area contributed by atoms with Gasteiger partial charge in [-0.25, -0.2) is 4.98 Å². The molecule has 20 heavy (non-hydrogen) atoms. The lowest BCUT2D eigenvalue weighted by molar-refractivity contribution is -0.114. The molecule has 1 amide bonds.